The smallest absolute Gasteiger partial charge is 0.272 e. The normalized spacial score (nSPS) is 10.1. The fourth-order valence-electron chi connectivity index (χ4n) is 1.36. The van der Waals surface area contributed by atoms with Crippen molar-refractivity contribution < 1.29 is 9.53 Å². The van der Waals surface area contributed by atoms with Crippen molar-refractivity contribution in [2.24, 2.45) is 5.73 Å². The predicted octanol–water partition coefficient (Wildman–Crippen LogP) is 2.44. The number of amides is 1. The number of aromatic nitrogens is 2. The average Bonchev–Trinajstić information content (AvgIpc) is 2.33. The van der Waals surface area contributed by atoms with Gasteiger partial charge in [-0.15, -0.1) is 0 Å². The van der Waals surface area contributed by atoms with Gasteiger partial charge in [-0.2, -0.15) is 0 Å². The Labute approximate surface area is 112 Å². The topological polar surface area (TPSA) is 78.1 Å². The van der Waals surface area contributed by atoms with E-state index in [0.717, 1.165) is 10.0 Å². The SMILES string of the molecule is Cc1ccc(Oc2nccnc2C(N)=O)c(Br)c1. The third kappa shape index (κ3) is 2.65. The van der Waals surface area contributed by atoms with Crippen LogP contribution in [0.15, 0.2) is 35.1 Å². The van der Waals surface area contributed by atoms with Crippen molar-refractivity contribution >= 4 is 21.8 Å². The van der Waals surface area contributed by atoms with E-state index in [0.29, 0.717) is 5.75 Å². The summed E-state index contributed by atoms with van der Waals surface area (Å²) in [5, 5.41) is 0. The summed E-state index contributed by atoms with van der Waals surface area (Å²) in [6.07, 6.45) is 2.82. The van der Waals surface area contributed by atoms with Crippen LogP contribution in [0, 0.1) is 6.92 Å². The van der Waals surface area contributed by atoms with E-state index in [2.05, 4.69) is 25.9 Å². The van der Waals surface area contributed by atoms with Crippen LogP contribution < -0.4 is 10.5 Å². The van der Waals surface area contributed by atoms with Crippen LogP contribution in [0.4, 0.5) is 0 Å². The molecule has 0 saturated carbocycles. The van der Waals surface area contributed by atoms with Gasteiger partial charge in [0.25, 0.3) is 11.8 Å². The molecule has 5 nitrogen and oxygen atoms in total. The first-order chi connectivity index (χ1) is 8.58. The summed E-state index contributed by atoms with van der Waals surface area (Å²) in [5.74, 6) is -0.0421. The molecule has 1 amide bonds. The van der Waals surface area contributed by atoms with E-state index in [-0.39, 0.29) is 11.6 Å². The monoisotopic (exact) mass is 307 g/mol. The minimum absolute atomic E-state index is 0.00461. The van der Waals surface area contributed by atoms with Crippen molar-refractivity contribution in [1.29, 1.82) is 0 Å². The molecule has 0 radical (unpaired) electrons. The van der Waals surface area contributed by atoms with Gasteiger partial charge in [-0.05, 0) is 40.5 Å². The lowest BCUT2D eigenvalue weighted by Gasteiger charge is -2.08. The van der Waals surface area contributed by atoms with Gasteiger partial charge in [0.05, 0.1) is 4.47 Å². The van der Waals surface area contributed by atoms with E-state index in [1.807, 2.05) is 19.1 Å². The van der Waals surface area contributed by atoms with Crippen LogP contribution in [0.25, 0.3) is 0 Å². The third-order valence-electron chi connectivity index (χ3n) is 2.19. The molecule has 0 aliphatic heterocycles. The summed E-state index contributed by atoms with van der Waals surface area (Å²) < 4.78 is 6.30. The maximum Gasteiger partial charge on any atom is 0.272 e. The molecule has 0 bridgehead atoms. The van der Waals surface area contributed by atoms with Crippen molar-refractivity contribution in [2.45, 2.75) is 6.92 Å². The highest BCUT2D eigenvalue weighted by Crippen LogP contribution is 2.30. The van der Waals surface area contributed by atoms with E-state index >= 15 is 0 Å². The van der Waals surface area contributed by atoms with E-state index in [1.54, 1.807) is 6.07 Å². The third-order valence-corrected chi connectivity index (χ3v) is 2.81. The zero-order chi connectivity index (χ0) is 13.1. The number of rotatable bonds is 3. The number of nitrogens with two attached hydrogens (primary N) is 1. The highest BCUT2D eigenvalue weighted by atomic mass is 79.9. The zero-order valence-electron chi connectivity index (χ0n) is 9.55. The summed E-state index contributed by atoms with van der Waals surface area (Å²) in [5.41, 5.74) is 6.29. The number of hydrogen-bond acceptors (Lipinski definition) is 4. The van der Waals surface area contributed by atoms with Crippen LogP contribution in [0.3, 0.4) is 0 Å². The Hall–Kier alpha value is -1.95. The second kappa shape index (κ2) is 5.14. The Balaban J connectivity index is 2.37. The highest BCUT2D eigenvalue weighted by molar-refractivity contribution is 9.10. The van der Waals surface area contributed by atoms with Crippen LogP contribution >= 0.6 is 15.9 Å². The van der Waals surface area contributed by atoms with Crippen molar-refractivity contribution in [1.82, 2.24) is 9.97 Å². The molecule has 18 heavy (non-hydrogen) atoms. The number of nitrogens with zero attached hydrogens (tertiary/aromatic N) is 2. The maximum atomic E-state index is 11.2. The van der Waals surface area contributed by atoms with Crippen molar-refractivity contribution in [2.75, 3.05) is 0 Å². The minimum Gasteiger partial charge on any atom is -0.436 e. The molecular weight excluding hydrogens is 298 g/mol. The van der Waals surface area contributed by atoms with Gasteiger partial charge in [0.2, 0.25) is 0 Å². The molecule has 1 aromatic carbocycles. The quantitative estimate of drug-likeness (QED) is 0.944. The summed E-state index contributed by atoms with van der Waals surface area (Å²) in [7, 11) is 0. The Morgan fingerprint density at radius 2 is 2.06 bits per heavy atom. The summed E-state index contributed by atoms with van der Waals surface area (Å²) >= 11 is 3.38. The molecule has 0 spiro atoms. The fraction of sp³-hybridized carbons (Fsp3) is 0.0833. The molecular formula is C12H10BrN3O2. The van der Waals surface area contributed by atoms with Gasteiger partial charge < -0.3 is 10.5 Å². The van der Waals surface area contributed by atoms with Crippen LogP contribution in [0.1, 0.15) is 16.1 Å². The Bertz CT molecular complexity index is 602. The second-order valence-electron chi connectivity index (χ2n) is 3.61. The van der Waals surface area contributed by atoms with Crippen LogP contribution in [0.5, 0.6) is 11.6 Å². The van der Waals surface area contributed by atoms with Gasteiger partial charge in [0.15, 0.2) is 5.69 Å². The molecule has 1 heterocycles. The van der Waals surface area contributed by atoms with E-state index in [4.69, 9.17) is 10.5 Å². The molecule has 1 aromatic heterocycles. The number of benzene rings is 1. The standard InChI is InChI=1S/C12H10BrN3O2/c1-7-2-3-9(8(13)6-7)18-12-10(11(14)17)15-4-5-16-12/h2-6H,1H3,(H2,14,17). The largest absolute Gasteiger partial charge is 0.436 e. The van der Waals surface area contributed by atoms with Crippen LogP contribution in [-0.4, -0.2) is 15.9 Å². The molecule has 0 unspecified atom stereocenters. The van der Waals surface area contributed by atoms with E-state index < -0.39 is 5.91 Å². The van der Waals surface area contributed by atoms with Crippen molar-refractivity contribution in [3.8, 4) is 11.6 Å². The fourth-order valence-corrected chi connectivity index (χ4v) is 1.94. The molecule has 2 N–H and O–H groups in total. The van der Waals surface area contributed by atoms with Gasteiger partial charge in [-0.25, -0.2) is 9.97 Å². The van der Waals surface area contributed by atoms with Crippen LogP contribution in [0.2, 0.25) is 0 Å². The number of primary amides is 1. The number of carbonyl (C=O) groups excluding carboxylic acids is 1. The molecule has 2 aromatic rings. The zero-order valence-corrected chi connectivity index (χ0v) is 11.1. The van der Waals surface area contributed by atoms with Crippen molar-refractivity contribution in [3.63, 3.8) is 0 Å². The van der Waals surface area contributed by atoms with E-state index in [1.165, 1.54) is 12.4 Å². The van der Waals surface area contributed by atoms with Gasteiger partial charge in [-0.1, -0.05) is 6.07 Å². The number of aryl methyl sites for hydroxylation is 1. The van der Waals surface area contributed by atoms with Gasteiger partial charge >= 0.3 is 0 Å². The molecule has 0 atom stereocenters. The lowest BCUT2D eigenvalue weighted by Crippen LogP contribution is -2.14. The summed E-state index contributed by atoms with van der Waals surface area (Å²) in [6.45, 7) is 1.96. The number of ether oxygens (including phenoxy) is 1. The number of hydrogen-bond donors (Lipinski definition) is 1. The van der Waals surface area contributed by atoms with Gasteiger partial charge in [0.1, 0.15) is 5.75 Å². The molecule has 0 saturated heterocycles. The number of halogens is 1. The lowest BCUT2D eigenvalue weighted by atomic mass is 10.2. The minimum atomic E-state index is -0.679. The lowest BCUT2D eigenvalue weighted by molar-refractivity contribution is 0.0992. The summed E-state index contributed by atoms with van der Waals surface area (Å²) in [6, 6.07) is 5.56. The molecule has 2 rings (SSSR count). The Morgan fingerprint density at radius 3 is 2.72 bits per heavy atom. The molecule has 0 aliphatic carbocycles. The predicted molar refractivity (Wildman–Crippen MR) is 69.5 cm³/mol. The van der Waals surface area contributed by atoms with Crippen molar-refractivity contribution in [3.05, 3.63) is 46.3 Å². The Kier molecular flexibility index (Phi) is 3.57. The highest BCUT2D eigenvalue weighted by Gasteiger charge is 2.14. The molecule has 92 valence electrons. The van der Waals surface area contributed by atoms with Gasteiger partial charge in [-0.3, -0.25) is 4.79 Å². The van der Waals surface area contributed by atoms with Gasteiger partial charge in [0, 0.05) is 12.4 Å². The average molecular weight is 308 g/mol. The van der Waals surface area contributed by atoms with E-state index in [9.17, 15) is 4.79 Å². The summed E-state index contributed by atoms with van der Waals surface area (Å²) in [4.78, 5) is 19.0. The first kappa shape index (κ1) is 12.5. The maximum absolute atomic E-state index is 11.2. The second-order valence-corrected chi connectivity index (χ2v) is 4.46. The molecule has 6 heteroatoms. The number of carbonyl (C=O) groups is 1. The molecule has 0 fully saturated rings. The first-order valence-electron chi connectivity index (χ1n) is 5.13. The Morgan fingerprint density at radius 1 is 1.33 bits per heavy atom. The first-order valence-corrected chi connectivity index (χ1v) is 5.92. The van der Waals surface area contributed by atoms with Crippen LogP contribution in [-0.2, 0) is 0 Å². The molecule has 0 aliphatic rings.